The number of anilines is 1. The largest absolute Gasteiger partial charge is 0.384 e. The SMILES string of the molecule is COCCN(CCOC)c1ccc(C(=N)N)c(Cl)c1. The first kappa shape index (κ1) is 15.8. The lowest BCUT2D eigenvalue weighted by atomic mass is 10.1. The molecule has 19 heavy (non-hydrogen) atoms. The second-order valence-corrected chi connectivity index (χ2v) is 4.46. The van der Waals surface area contributed by atoms with Crippen molar-refractivity contribution in [2.24, 2.45) is 5.73 Å². The molecule has 0 heterocycles. The van der Waals surface area contributed by atoms with Crippen molar-refractivity contribution in [1.29, 1.82) is 5.41 Å². The van der Waals surface area contributed by atoms with E-state index in [0.717, 1.165) is 18.8 Å². The predicted octanol–water partition coefficient (Wildman–Crippen LogP) is 1.72. The number of halogens is 1. The maximum Gasteiger partial charge on any atom is 0.124 e. The van der Waals surface area contributed by atoms with Gasteiger partial charge >= 0.3 is 0 Å². The van der Waals surface area contributed by atoms with Crippen molar-refractivity contribution in [2.75, 3.05) is 45.4 Å². The Balaban J connectivity index is 2.88. The van der Waals surface area contributed by atoms with E-state index >= 15 is 0 Å². The molecule has 0 bridgehead atoms. The van der Waals surface area contributed by atoms with Gasteiger partial charge in [-0.1, -0.05) is 11.6 Å². The van der Waals surface area contributed by atoms with Crippen LogP contribution in [0.25, 0.3) is 0 Å². The van der Waals surface area contributed by atoms with Gasteiger partial charge in [-0.25, -0.2) is 0 Å². The number of hydrogen-bond donors (Lipinski definition) is 2. The van der Waals surface area contributed by atoms with E-state index < -0.39 is 0 Å². The first-order valence-electron chi connectivity index (χ1n) is 5.97. The van der Waals surface area contributed by atoms with Crippen LogP contribution in [0.2, 0.25) is 5.02 Å². The maximum absolute atomic E-state index is 7.42. The highest BCUT2D eigenvalue weighted by atomic mass is 35.5. The minimum atomic E-state index is -0.0307. The van der Waals surface area contributed by atoms with Crippen molar-refractivity contribution in [3.05, 3.63) is 28.8 Å². The third kappa shape index (κ3) is 4.70. The predicted molar refractivity (Wildman–Crippen MR) is 78.4 cm³/mol. The van der Waals surface area contributed by atoms with Gasteiger partial charge in [0.25, 0.3) is 0 Å². The molecule has 1 aromatic rings. The Morgan fingerprint density at radius 2 is 1.84 bits per heavy atom. The molecule has 3 N–H and O–H groups in total. The van der Waals surface area contributed by atoms with Crippen LogP contribution in [0.3, 0.4) is 0 Å². The van der Waals surface area contributed by atoms with Crippen LogP contribution in [0.15, 0.2) is 18.2 Å². The van der Waals surface area contributed by atoms with Crippen molar-refractivity contribution >= 4 is 23.1 Å². The van der Waals surface area contributed by atoms with Gasteiger partial charge in [0.2, 0.25) is 0 Å². The van der Waals surface area contributed by atoms with Crippen LogP contribution >= 0.6 is 11.6 Å². The molecule has 0 aliphatic heterocycles. The highest BCUT2D eigenvalue weighted by Crippen LogP contribution is 2.23. The minimum absolute atomic E-state index is 0.0307. The van der Waals surface area contributed by atoms with Gasteiger partial charge < -0.3 is 20.1 Å². The number of nitrogens with zero attached hydrogens (tertiary/aromatic N) is 1. The quantitative estimate of drug-likeness (QED) is 0.564. The number of amidine groups is 1. The lowest BCUT2D eigenvalue weighted by Crippen LogP contribution is -2.30. The fourth-order valence-corrected chi connectivity index (χ4v) is 1.97. The highest BCUT2D eigenvalue weighted by molar-refractivity contribution is 6.34. The normalized spacial score (nSPS) is 10.5. The minimum Gasteiger partial charge on any atom is -0.384 e. The summed E-state index contributed by atoms with van der Waals surface area (Å²) in [5, 5.41) is 7.89. The molecule has 0 aliphatic rings. The van der Waals surface area contributed by atoms with Gasteiger partial charge in [-0.05, 0) is 18.2 Å². The number of ether oxygens (including phenoxy) is 2. The van der Waals surface area contributed by atoms with Gasteiger partial charge in [-0.2, -0.15) is 0 Å². The van der Waals surface area contributed by atoms with Gasteiger partial charge in [-0.3, -0.25) is 5.41 Å². The van der Waals surface area contributed by atoms with Crippen LogP contribution < -0.4 is 10.6 Å². The Morgan fingerprint density at radius 1 is 1.26 bits per heavy atom. The summed E-state index contributed by atoms with van der Waals surface area (Å²) in [5.41, 5.74) is 6.95. The average Bonchev–Trinajstić information content (AvgIpc) is 2.38. The molecule has 0 atom stereocenters. The summed E-state index contributed by atoms with van der Waals surface area (Å²) in [4.78, 5) is 2.11. The van der Waals surface area contributed by atoms with Crippen molar-refractivity contribution in [1.82, 2.24) is 0 Å². The van der Waals surface area contributed by atoms with E-state index in [1.807, 2.05) is 12.1 Å². The molecular formula is C13H20ClN3O2. The summed E-state index contributed by atoms with van der Waals surface area (Å²) in [7, 11) is 3.33. The number of nitrogen functional groups attached to an aromatic ring is 1. The lowest BCUT2D eigenvalue weighted by molar-refractivity contribution is 0.190. The lowest BCUT2D eigenvalue weighted by Gasteiger charge is -2.24. The van der Waals surface area contributed by atoms with Crippen molar-refractivity contribution < 1.29 is 9.47 Å². The molecule has 5 nitrogen and oxygen atoms in total. The number of benzene rings is 1. The van der Waals surface area contributed by atoms with Crippen LogP contribution in [0.5, 0.6) is 0 Å². The second kappa shape index (κ2) is 7.99. The number of nitrogens with one attached hydrogen (secondary N) is 1. The Labute approximate surface area is 118 Å². The molecule has 0 aliphatic carbocycles. The van der Waals surface area contributed by atoms with Gasteiger partial charge in [0.15, 0.2) is 0 Å². The molecule has 106 valence electrons. The van der Waals surface area contributed by atoms with E-state index in [-0.39, 0.29) is 5.84 Å². The number of methoxy groups -OCH3 is 2. The fourth-order valence-electron chi connectivity index (χ4n) is 1.69. The third-order valence-electron chi connectivity index (χ3n) is 2.74. The third-order valence-corrected chi connectivity index (χ3v) is 3.05. The molecule has 0 radical (unpaired) electrons. The van der Waals surface area contributed by atoms with Crippen molar-refractivity contribution in [3.63, 3.8) is 0 Å². The second-order valence-electron chi connectivity index (χ2n) is 4.05. The van der Waals surface area contributed by atoms with Gasteiger partial charge in [-0.15, -0.1) is 0 Å². The van der Waals surface area contributed by atoms with Crippen molar-refractivity contribution in [2.45, 2.75) is 0 Å². The Bertz CT molecular complexity index is 418. The monoisotopic (exact) mass is 285 g/mol. The fraction of sp³-hybridized carbons (Fsp3) is 0.462. The van der Waals surface area contributed by atoms with E-state index in [1.54, 1.807) is 20.3 Å². The first-order chi connectivity index (χ1) is 9.10. The Hall–Kier alpha value is -1.30. The molecule has 0 saturated carbocycles. The molecule has 0 aromatic heterocycles. The standard InChI is InChI=1S/C13H20ClN3O2/c1-18-7-5-17(6-8-19-2)10-3-4-11(13(15)16)12(14)9-10/h3-4,9H,5-8H2,1-2H3,(H3,15,16). The Kier molecular flexibility index (Phi) is 6.62. The zero-order valence-corrected chi connectivity index (χ0v) is 12.0. The molecule has 0 fully saturated rings. The summed E-state index contributed by atoms with van der Waals surface area (Å²) in [6.07, 6.45) is 0. The van der Waals surface area contributed by atoms with Crippen LogP contribution in [-0.4, -0.2) is 46.4 Å². The maximum atomic E-state index is 7.42. The van der Waals surface area contributed by atoms with Crippen LogP contribution in [0, 0.1) is 5.41 Å². The number of nitrogens with two attached hydrogens (primary N) is 1. The van der Waals surface area contributed by atoms with Gasteiger partial charge in [0.1, 0.15) is 5.84 Å². The van der Waals surface area contributed by atoms with Crippen LogP contribution in [0.1, 0.15) is 5.56 Å². The molecule has 6 heteroatoms. The van der Waals surface area contributed by atoms with Gasteiger partial charge in [0, 0.05) is 38.6 Å². The number of rotatable bonds is 8. The topological polar surface area (TPSA) is 71.6 Å². The Morgan fingerprint density at radius 3 is 2.26 bits per heavy atom. The molecular weight excluding hydrogens is 266 g/mol. The summed E-state index contributed by atoms with van der Waals surface area (Å²) in [5.74, 6) is -0.0307. The zero-order valence-electron chi connectivity index (χ0n) is 11.3. The summed E-state index contributed by atoms with van der Waals surface area (Å²) in [6, 6.07) is 5.46. The molecule has 0 spiro atoms. The molecule has 1 aromatic carbocycles. The van der Waals surface area contributed by atoms with E-state index in [0.29, 0.717) is 23.8 Å². The smallest absolute Gasteiger partial charge is 0.124 e. The van der Waals surface area contributed by atoms with Crippen LogP contribution in [-0.2, 0) is 9.47 Å². The average molecular weight is 286 g/mol. The summed E-state index contributed by atoms with van der Waals surface area (Å²) in [6.45, 7) is 2.73. The molecule has 0 amide bonds. The molecule has 0 saturated heterocycles. The summed E-state index contributed by atoms with van der Waals surface area (Å²) >= 11 is 6.13. The van der Waals surface area contributed by atoms with Crippen LogP contribution in [0.4, 0.5) is 5.69 Å². The number of hydrogen-bond acceptors (Lipinski definition) is 4. The van der Waals surface area contributed by atoms with E-state index in [2.05, 4.69) is 4.90 Å². The zero-order chi connectivity index (χ0) is 14.3. The van der Waals surface area contributed by atoms with E-state index in [1.165, 1.54) is 0 Å². The molecule has 0 unspecified atom stereocenters. The highest BCUT2D eigenvalue weighted by Gasteiger charge is 2.10. The summed E-state index contributed by atoms with van der Waals surface area (Å²) < 4.78 is 10.2. The first-order valence-corrected chi connectivity index (χ1v) is 6.34. The van der Waals surface area contributed by atoms with E-state index in [9.17, 15) is 0 Å². The van der Waals surface area contributed by atoms with Crippen molar-refractivity contribution in [3.8, 4) is 0 Å². The van der Waals surface area contributed by atoms with E-state index in [4.69, 9.17) is 32.2 Å². The van der Waals surface area contributed by atoms with Gasteiger partial charge in [0.05, 0.1) is 18.2 Å². The molecule has 1 rings (SSSR count).